The Kier molecular flexibility index (Phi) is 6.41. The summed E-state index contributed by atoms with van der Waals surface area (Å²) in [6, 6.07) is 8.38. The summed E-state index contributed by atoms with van der Waals surface area (Å²) in [5.74, 6) is 0.637. The molecule has 4 nitrogen and oxygen atoms in total. The molecule has 1 aliphatic heterocycles. The summed E-state index contributed by atoms with van der Waals surface area (Å²) in [6.45, 7) is 6.27. The molecule has 0 spiro atoms. The second kappa shape index (κ2) is 8.09. The molecule has 3 unspecified atom stereocenters. The predicted octanol–water partition coefficient (Wildman–Crippen LogP) is 2.69. The largest absolute Gasteiger partial charge is 0.348 e. The van der Waals surface area contributed by atoms with Crippen molar-refractivity contribution >= 4 is 21.8 Å². The number of halogens is 1. The van der Waals surface area contributed by atoms with Crippen LogP contribution in [0.5, 0.6) is 0 Å². The van der Waals surface area contributed by atoms with Crippen LogP contribution in [-0.2, 0) is 4.79 Å². The highest BCUT2D eigenvalue weighted by atomic mass is 79.9. The van der Waals surface area contributed by atoms with Crippen molar-refractivity contribution in [2.45, 2.75) is 38.8 Å². The minimum Gasteiger partial charge on any atom is -0.348 e. The maximum atomic E-state index is 12.3. The van der Waals surface area contributed by atoms with Crippen molar-refractivity contribution < 1.29 is 4.79 Å². The van der Waals surface area contributed by atoms with E-state index >= 15 is 0 Å². The Balaban J connectivity index is 1.90. The van der Waals surface area contributed by atoms with Gasteiger partial charge >= 0.3 is 0 Å². The second-order valence-corrected chi connectivity index (χ2v) is 7.15. The third-order valence-electron chi connectivity index (χ3n) is 4.57. The fourth-order valence-corrected chi connectivity index (χ4v) is 3.48. The number of nitrogens with zero attached hydrogens (tertiary/aromatic N) is 1. The molecule has 122 valence electrons. The van der Waals surface area contributed by atoms with Crippen molar-refractivity contribution in [2.24, 2.45) is 11.7 Å². The van der Waals surface area contributed by atoms with E-state index in [9.17, 15) is 4.79 Å². The van der Waals surface area contributed by atoms with E-state index in [1.807, 2.05) is 31.2 Å². The predicted molar refractivity (Wildman–Crippen MR) is 93.5 cm³/mol. The molecule has 0 bridgehead atoms. The minimum atomic E-state index is 0.0131. The van der Waals surface area contributed by atoms with E-state index in [-0.39, 0.29) is 11.9 Å². The first-order valence-corrected chi connectivity index (χ1v) is 8.79. The van der Waals surface area contributed by atoms with Gasteiger partial charge in [-0.3, -0.25) is 9.69 Å². The Hall–Kier alpha value is -0.910. The van der Waals surface area contributed by atoms with Gasteiger partial charge in [0.25, 0.3) is 0 Å². The third-order valence-corrected chi connectivity index (χ3v) is 5.10. The van der Waals surface area contributed by atoms with Crippen LogP contribution in [0.1, 0.15) is 38.3 Å². The number of rotatable bonds is 5. The van der Waals surface area contributed by atoms with Crippen LogP contribution in [0.15, 0.2) is 28.7 Å². The van der Waals surface area contributed by atoms with E-state index in [1.165, 1.54) is 6.42 Å². The molecule has 0 aliphatic carbocycles. The zero-order valence-corrected chi connectivity index (χ0v) is 15.0. The highest BCUT2D eigenvalue weighted by Gasteiger charge is 2.28. The van der Waals surface area contributed by atoms with Crippen LogP contribution in [0.3, 0.4) is 0 Å². The summed E-state index contributed by atoms with van der Waals surface area (Å²) >= 11 is 3.43. The average Bonchev–Trinajstić information content (AvgIpc) is 2.48. The van der Waals surface area contributed by atoms with Gasteiger partial charge in [0, 0.05) is 17.1 Å². The normalized spacial score (nSPS) is 24.0. The minimum absolute atomic E-state index is 0.0131. The SMILES string of the molecule is CC(NC(=O)CN1CCCC(C)C1CN)c1ccc(Br)cc1. The molecule has 5 heteroatoms. The Morgan fingerprint density at radius 1 is 1.45 bits per heavy atom. The summed E-state index contributed by atoms with van der Waals surface area (Å²) < 4.78 is 1.04. The quantitative estimate of drug-likeness (QED) is 0.840. The van der Waals surface area contributed by atoms with Crippen LogP contribution < -0.4 is 11.1 Å². The molecule has 0 radical (unpaired) electrons. The number of nitrogens with two attached hydrogens (primary N) is 1. The Morgan fingerprint density at radius 2 is 2.14 bits per heavy atom. The van der Waals surface area contributed by atoms with E-state index in [2.05, 4.69) is 33.1 Å². The Labute approximate surface area is 141 Å². The van der Waals surface area contributed by atoms with Crippen molar-refractivity contribution in [1.29, 1.82) is 0 Å². The molecule has 3 N–H and O–H groups in total. The van der Waals surface area contributed by atoms with Gasteiger partial charge in [-0.25, -0.2) is 0 Å². The first-order chi connectivity index (χ1) is 10.5. The first-order valence-electron chi connectivity index (χ1n) is 8.00. The first kappa shape index (κ1) is 17.4. The average molecular weight is 368 g/mol. The van der Waals surface area contributed by atoms with Crippen LogP contribution in [0.25, 0.3) is 0 Å². The van der Waals surface area contributed by atoms with Gasteiger partial charge in [-0.15, -0.1) is 0 Å². The lowest BCUT2D eigenvalue weighted by Crippen LogP contribution is -2.52. The van der Waals surface area contributed by atoms with Crippen LogP contribution >= 0.6 is 15.9 Å². The number of likely N-dealkylation sites (tertiary alicyclic amines) is 1. The topological polar surface area (TPSA) is 58.4 Å². The number of piperidine rings is 1. The molecule has 1 heterocycles. The van der Waals surface area contributed by atoms with Gasteiger partial charge in [0.1, 0.15) is 0 Å². The van der Waals surface area contributed by atoms with Crippen molar-refractivity contribution in [1.82, 2.24) is 10.2 Å². The molecular weight excluding hydrogens is 342 g/mol. The third kappa shape index (κ3) is 4.54. The van der Waals surface area contributed by atoms with Crippen molar-refractivity contribution in [3.63, 3.8) is 0 Å². The maximum Gasteiger partial charge on any atom is 0.234 e. The fraction of sp³-hybridized carbons (Fsp3) is 0.588. The van der Waals surface area contributed by atoms with Crippen molar-refractivity contribution in [3.8, 4) is 0 Å². The standard InChI is InChI=1S/C17H26BrN3O/c1-12-4-3-9-21(16(12)10-19)11-17(22)20-13(2)14-5-7-15(18)8-6-14/h5-8,12-13,16H,3-4,9-11,19H2,1-2H3,(H,20,22). The molecule has 0 saturated carbocycles. The lowest BCUT2D eigenvalue weighted by atomic mass is 9.91. The molecule has 1 saturated heterocycles. The molecule has 1 aliphatic rings. The lowest BCUT2D eigenvalue weighted by molar-refractivity contribution is -0.124. The molecular formula is C17H26BrN3O. The smallest absolute Gasteiger partial charge is 0.234 e. The van der Waals surface area contributed by atoms with E-state index in [0.717, 1.165) is 23.0 Å². The summed E-state index contributed by atoms with van der Waals surface area (Å²) in [6.07, 6.45) is 2.35. The van der Waals surface area contributed by atoms with Gasteiger partial charge in [0.2, 0.25) is 5.91 Å². The molecule has 2 rings (SSSR count). The number of carbonyl (C=O) groups is 1. The molecule has 1 fully saturated rings. The van der Waals surface area contributed by atoms with Crippen LogP contribution in [0, 0.1) is 5.92 Å². The zero-order valence-electron chi connectivity index (χ0n) is 13.4. The van der Waals surface area contributed by atoms with Gasteiger partial charge in [-0.05, 0) is 49.9 Å². The van der Waals surface area contributed by atoms with Gasteiger partial charge in [0.05, 0.1) is 12.6 Å². The summed E-state index contributed by atoms with van der Waals surface area (Å²) in [5, 5.41) is 3.09. The molecule has 1 aromatic carbocycles. The van der Waals surface area contributed by atoms with Crippen LogP contribution in [0.2, 0.25) is 0 Å². The van der Waals surface area contributed by atoms with Crippen molar-refractivity contribution in [3.05, 3.63) is 34.3 Å². The Morgan fingerprint density at radius 3 is 2.77 bits per heavy atom. The van der Waals surface area contributed by atoms with E-state index in [0.29, 0.717) is 25.0 Å². The number of hydrogen-bond acceptors (Lipinski definition) is 3. The van der Waals surface area contributed by atoms with E-state index < -0.39 is 0 Å². The van der Waals surface area contributed by atoms with E-state index in [4.69, 9.17) is 5.73 Å². The number of carbonyl (C=O) groups excluding carboxylic acids is 1. The Bertz CT molecular complexity index is 491. The number of amides is 1. The molecule has 22 heavy (non-hydrogen) atoms. The monoisotopic (exact) mass is 367 g/mol. The van der Waals surface area contributed by atoms with Crippen molar-refractivity contribution in [2.75, 3.05) is 19.6 Å². The van der Waals surface area contributed by atoms with Crippen LogP contribution in [-0.4, -0.2) is 36.5 Å². The van der Waals surface area contributed by atoms with Gasteiger partial charge in [-0.2, -0.15) is 0 Å². The fourth-order valence-electron chi connectivity index (χ4n) is 3.22. The maximum absolute atomic E-state index is 12.3. The number of hydrogen-bond donors (Lipinski definition) is 2. The number of benzene rings is 1. The summed E-state index contributed by atoms with van der Waals surface area (Å²) in [5.41, 5.74) is 7.00. The molecule has 1 amide bonds. The molecule has 3 atom stereocenters. The summed E-state index contributed by atoms with van der Waals surface area (Å²) in [4.78, 5) is 14.6. The molecule has 1 aromatic rings. The second-order valence-electron chi connectivity index (χ2n) is 6.23. The van der Waals surface area contributed by atoms with Gasteiger partial charge < -0.3 is 11.1 Å². The van der Waals surface area contributed by atoms with Gasteiger partial charge in [-0.1, -0.05) is 35.0 Å². The highest BCUT2D eigenvalue weighted by molar-refractivity contribution is 9.10. The van der Waals surface area contributed by atoms with Gasteiger partial charge in [0.15, 0.2) is 0 Å². The summed E-state index contributed by atoms with van der Waals surface area (Å²) in [7, 11) is 0. The zero-order chi connectivity index (χ0) is 16.1. The molecule has 0 aromatic heterocycles. The number of nitrogens with one attached hydrogen (secondary N) is 1. The lowest BCUT2D eigenvalue weighted by Gasteiger charge is -2.39. The highest BCUT2D eigenvalue weighted by Crippen LogP contribution is 2.22. The van der Waals surface area contributed by atoms with Crippen LogP contribution in [0.4, 0.5) is 0 Å². The van der Waals surface area contributed by atoms with E-state index in [1.54, 1.807) is 0 Å².